The highest BCUT2D eigenvalue weighted by atomic mass is 32.2. The lowest BCUT2D eigenvalue weighted by Crippen LogP contribution is -2.54. The van der Waals surface area contributed by atoms with Crippen molar-refractivity contribution in [2.24, 2.45) is 4.99 Å². The summed E-state index contributed by atoms with van der Waals surface area (Å²) >= 11 is 0. The van der Waals surface area contributed by atoms with Crippen molar-refractivity contribution >= 4 is 21.7 Å². The third-order valence-electron chi connectivity index (χ3n) is 5.02. The van der Waals surface area contributed by atoms with E-state index >= 15 is 0 Å². The average Bonchev–Trinajstić information content (AvgIpc) is 3.29. The number of nitro groups is 1. The molecule has 0 aromatic heterocycles. The molecule has 0 bridgehead atoms. The van der Waals surface area contributed by atoms with Gasteiger partial charge in [-0.1, -0.05) is 6.07 Å². The molecule has 3 rings (SSSR count). The van der Waals surface area contributed by atoms with Crippen molar-refractivity contribution in [2.45, 2.75) is 29.9 Å². The first-order valence-electron chi connectivity index (χ1n) is 9.83. The zero-order valence-electron chi connectivity index (χ0n) is 16.8. The lowest BCUT2D eigenvalue weighted by molar-refractivity contribution is -0.385. The Morgan fingerprint density at radius 3 is 2.80 bits per heavy atom. The highest BCUT2D eigenvalue weighted by Crippen LogP contribution is 2.21. The molecule has 2 aliphatic rings. The van der Waals surface area contributed by atoms with E-state index in [1.807, 2.05) is 0 Å². The third kappa shape index (κ3) is 5.65. The van der Waals surface area contributed by atoms with Crippen LogP contribution in [0.3, 0.4) is 0 Å². The summed E-state index contributed by atoms with van der Waals surface area (Å²) in [7, 11) is -2.18. The molecule has 11 nitrogen and oxygen atoms in total. The molecular weight excluding hydrogens is 414 g/mol. The number of hydrogen-bond donors (Lipinski definition) is 2. The maximum Gasteiger partial charge on any atom is 0.270 e. The maximum atomic E-state index is 12.4. The Labute approximate surface area is 175 Å². The Morgan fingerprint density at radius 2 is 2.10 bits per heavy atom. The molecule has 2 heterocycles. The van der Waals surface area contributed by atoms with E-state index in [1.165, 1.54) is 18.2 Å². The predicted molar refractivity (Wildman–Crippen MR) is 110 cm³/mol. The normalized spacial score (nSPS) is 22.8. The van der Waals surface area contributed by atoms with Crippen LogP contribution < -0.4 is 10.0 Å². The van der Waals surface area contributed by atoms with Crippen molar-refractivity contribution < 1.29 is 22.8 Å². The summed E-state index contributed by atoms with van der Waals surface area (Å²) in [6.07, 6.45) is 2.13. The van der Waals surface area contributed by atoms with Gasteiger partial charge in [0.15, 0.2) is 5.96 Å². The van der Waals surface area contributed by atoms with Gasteiger partial charge in [-0.3, -0.25) is 15.1 Å². The fraction of sp³-hybridized carbons (Fsp3) is 0.611. The zero-order chi connectivity index (χ0) is 21.6. The molecular formula is C18H27N5O6S. The first-order valence-corrected chi connectivity index (χ1v) is 11.3. The van der Waals surface area contributed by atoms with Gasteiger partial charge in [0.25, 0.3) is 5.69 Å². The van der Waals surface area contributed by atoms with Crippen LogP contribution in [-0.4, -0.2) is 82.8 Å². The topological polar surface area (TPSA) is 135 Å². The van der Waals surface area contributed by atoms with E-state index in [-0.39, 0.29) is 29.3 Å². The number of ether oxygens (including phenoxy) is 2. The SMILES string of the molecule is CN=C(NCCNS(=O)(=O)c1cccc([N+](=O)[O-])c1)N1CCOC(C2CCCO2)C1. The number of benzene rings is 1. The molecule has 0 saturated carbocycles. The summed E-state index contributed by atoms with van der Waals surface area (Å²) in [4.78, 5) is 16.4. The number of nitro benzene ring substituents is 1. The quantitative estimate of drug-likeness (QED) is 0.203. The minimum Gasteiger partial charge on any atom is -0.375 e. The molecule has 30 heavy (non-hydrogen) atoms. The number of nitrogens with zero attached hydrogens (tertiary/aromatic N) is 3. The van der Waals surface area contributed by atoms with Gasteiger partial charge < -0.3 is 19.7 Å². The van der Waals surface area contributed by atoms with Crippen molar-refractivity contribution in [1.82, 2.24) is 14.9 Å². The van der Waals surface area contributed by atoms with Gasteiger partial charge in [0.2, 0.25) is 10.0 Å². The minimum absolute atomic E-state index is 0.00725. The van der Waals surface area contributed by atoms with Gasteiger partial charge in [-0.05, 0) is 18.9 Å². The van der Waals surface area contributed by atoms with Crippen LogP contribution in [0.4, 0.5) is 5.69 Å². The lowest BCUT2D eigenvalue weighted by Gasteiger charge is -2.37. The summed E-state index contributed by atoms with van der Waals surface area (Å²) in [6, 6.07) is 4.95. The standard InChI is InChI=1S/C18H27N5O6S/c1-19-18(22-9-11-29-17(13-22)16-6-3-10-28-16)20-7-8-21-30(26,27)15-5-2-4-14(12-15)23(24)25/h2,4-5,12,16-17,21H,3,6-11,13H2,1H3,(H,19,20). The largest absolute Gasteiger partial charge is 0.375 e. The Balaban J connectivity index is 1.49. The van der Waals surface area contributed by atoms with Crippen LogP contribution in [0.1, 0.15) is 12.8 Å². The second kappa shape index (κ2) is 10.2. The van der Waals surface area contributed by atoms with Gasteiger partial charge in [-0.2, -0.15) is 0 Å². The molecule has 2 aliphatic heterocycles. The molecule has 166 valence electrons. The van der Waals surface area contributed by atoms with Crippen molar-refractivity contribution in [2.75, 3.05) is 46.4 Å². The highest BCUT2D eigenvalue weighted by molar-refractivity contribution is 7.89. The summed E-state index contributed by atoms with van der Waals surface area (Å²) in [5, 5.41) is 14.0. The van der Waals surface area contributed by atoms with E-state index in [0.717, 1.165) is 25.5 Å². The second-order valence-electron chi connectivity index (χ2n) is 7.03. The number of sulfonamides is 1. The van der Waals surface area contributed by atoms with Crippen LogP contribution in [0.5, 0.6) is 0 Å². The number of aliphatic imine (C=N–C) groups is 1. The summed E-state index contributed by atoms with van der Waals surface area (Å²) < 4.78 is 38.8. The van der Waals surface area contributed by atoms with E-state index in [0.29, 0.717) is 32.2 Å². The number of hydrogen-bond acceptors (Lipinski definition) is 7. The van der Waals surface area contributed by atoms with Gasteiger partial charge in [-0.25, -0.2) is 13.1 Å². The molecule has 0 amide bonds. The maximum absolute atomic E-state index is 12.4. The molecule has 1 aromatic rings. The van der Waals surface area contributed by atoms with Gasteiger partial charge in [0.1, 0.15) is 6.10 Å². The monoisotopic (exact) mass is 441 g/mol. The predicted octanol–water partition coefficient (Wildman–Crippen LogP) is 0.328. The molecule has 12 heteroatoms. The van der Waals surface area contributed by atoms with Crippen LogP contribution in [0.25, 0.3) is 0 Å². The molecule has 2 unspecified atom stereocenters. The molecule has 1 aromatic carbocycles. The number of rotatable bonds is 7. The minimum atomic E-state index is -3.85. The summed E-state index contributed by atoms with van der Waals surface area (Å²) in [6.45, 7) is 3.09. The van der Waals surface area contributed by atoms with Crippen LogP contribution in [-0.2, 0) is 19.5 Å². The molecule has 0 radical (unpaired) electrons. The number of morpholine rings is 1. The number of guanidine groups is 1. The third-order valence-corrected chi connectivity index (χ3v) is 6.48. The fourth-order valence-corrected chi connectivity index (χ4v) is 4.60. The fourth-order valence-electron chi connectivity index (χ4n) is 3.53. The van der Waals surface area contributed by atoms with Gasteiger partial charge in [0, 0.05) is 52.0 Å². The van der Waals surface area contributed by atoms with Crippen molar-refractivity contribution in [3.05, 3.63) is 34.4 Å². The second-order valence-corrected chi connectivity index (χ2v) is 8.80. The van der Waals surface area contributed by atoms with E-state index in [9.17, 15) is 18.5 Å². The van der Waals surface area contributed by atoms with Gasteiger partial charge in [0.05, 0.1) is 22.5 Å². The summed E-state index contributed by atoms with van der Waals surface area (Å²) in [5.74, 6) is 0.663. The van der Waals surface area contributed by atoms with E-state index in [4.69, 9.17) is 9.47 Å². The summed E-state index contributed by atoms with van der Waals surface area (Å²) in [5.41, 5.74) is -0.274. The number of nitrogens with one attached hydrogen (secondary N) is 2. The van der Waals surface area contributed by atoms with Crippen LogP contribution in [0.2, 0.25) is 0 Å². The first kappa shape index (κ1) is 22.4. The highest BCUT2D eigenvalue weighted by Gasteiger charge is 2.32. The van der Waals surface area contributed by atoms with Crippen molar-refractivity contribution in [3.63, 3.8) is 0 Å². The van der Waals surface area contributed by atoms with Crippen LogP contribution >= 0.6 is 0 Å². The van der Waals surface area contributed by atoms with Gasteiger partial charge >= 0.3 is 0 Å². The van der Waals surface area contributed by atoms with Crippen molar-refractivity contribution in [1.29, 1.82) is 0 Å². The van der Waals surface area contributed by atoms with Crippen molar-refractivity contribution in [3.8, 4) is 0 Å². The Kier molecular flexibility index (Phi) is 7.58. The van der Waals surface area contributed by atoms with Crippen LogP contribution in [0, 0.1) is 10.1 Å². The lowest BCUT2D eigenvalue weighted by atomic mass is 10.1. The molecule has 0 aliphatic carbocycles. The van der Waals surface area contributed by atoms with E-state index < -0.39 is 14.9 Å². The smallest absolute Gasteiger partial charge is 0.270 e. The van der Waals surface area contributed by atoms with Gasteiger partial charge in [-0.15, -0.1) is 0 Å². The Bertz CT molecular complexity index is 872. The zero-order valence-corrected chi connectivity index (χ0v) is 17.6. The molecule has 0 spiro atoms. The number of non-ortho nitro benzene ring substituents is 1. The molecule has 2 atom stereocenters. The molecule has 2 N–H and O–H groups in total. The van der Waals surface area contributed by atoms with E-state index in [2.05, 4.69) is 19.9 Å². The molecule has 2 fully saturated rings. The first-order chi connectivity index (χ1) is 14.4. The van der Waals surface area contributed by atoms with E-state index in [1.54, 1.807) is 7.05 Å². The molecule has 2 saturated heterocycles. The van der Waals surface area contributed by atoms with Crippen LogP contribution in [0.15, 0.2) is 34.2 Å². The average molecular weight is 442 g/mol. The Morgan fingerprint density at radius 1 is 1.30 bits per heavy atom. The Hall–Kier alpha value is -2.28.